The van der Waals surface area contributed by atoms with Crippen LogP contribution in [0.4, 0.5) is 17.1 Å². The molecule has 32 heavy (non-hydrogen) atoms. The van der Waals surface area contributed by atoms with Crippen molar-refractivity contribution in [2.45, 2.75) is 0 Å². The van der Waals surface area contributed by atoms with E-state index in [2.05, 4.69) is 26.8 Å². The minimum atomic E-state index is -3.81. The number of hydrogen-bond donors (Lipinski definition) is 3. The van der Waals surface area contributed by atoms with Crippen molar-refractivity contribution in [3.8, 4) is 0 Å². The van der Waals surface area contributed by atoms with Crippen molar-refractivity contribution >= 4 is 53.8 Å². The summed E-state index contributed by atoms with van der Waals surface area (Å²) in [6.07, 6.45) is 4.38. The van der Waals surface area contributed by atoms with Gasteiger partial charge in [-0.3, -0.25) is 0 Å². The van der Waals surface area contributed by atoms with E-state index in [0.29, 0.717) is 17.1 Å². The summed E-state index contributed by atoms with van der Waals surface area (Å²) in [5, 5.41) is 0. The molecule has 0 aromatic heterocycles. The van der Waals surface area contributed by atoms with E-state index >= 15 is 0 Å². The second-order valence-electron chi connectivity index (χ2n) is 5.13. The number of benzene rings is 3. The third-order valence-electron chi connectivity index (χ3n) is 2.79. The molecule has 0 amide bonds. The Labute approximate surface area is 189 Å². The van der Waals surface area contributed by atoms with Crippen LogP contribution in [0.5, 0.6) is 0 Å². The molecule has 0 spiro atoms. The molecule has 0 unspecified atom stereocenters. The standard InChI is InChI=1S/3C7H5NO.H3O3PS/c3*9-6-8-7-4-2-1-3-5-7;1-4(2,3)5/h3*1-5H;(H3,1,2,3,5). The van der Waals surface area contributed by atoms with Gasteiger partial charge in [-0.2, -0.15) is 15.0 Å². The molecule has 0 aliphatic heterocycles. The molecule has 0 aliphatic carbocycles. The van der Waals surface area contributed by atoms with Crippen molar-refractivity contribution in [3.05, 3.63) is 91.0 Å². The highest BCUT2D eigenvalue weighted by Crippen LogP contribution is 2.26. The molecule has 0 saturated carbocycles. The number of aliphatic imine (C=N–C) groups is 3. The van der Waals surface area contributed by atoms with Gasteiger partial charge in [0.1, 0.15) is 0 Å². The molecule has 0 saturated heterocycles. The van der Waals surface area contributed by atoms with Gasteiger partial charge in [-0.25, -0.2) is 14.4 Å². The third kappa shape index (κ3) is 19.6. The van der Waals surface area contributed by atoms with Crippen molar-refractivity contribution in [2.75, 3.05) is 0 Å². The molecule has 0 atom stereocenters. The van der Waals surface area contributed by atoms with Crippen LogP contribution in [0, 0.1) is 0 Å². The van der Waals surface area contributed by atoms with E-state index in [0.717, 1.165) is 0 Å². The first-order valence-electron chi connectivity index (χ1n) is 8.47. The van der Waals surface area contributed by atoms with Gasteiger partial charge in [-0.15, -0.1) is 0 Å². The van der Waals surface area contributed by atoms with Crippen molar-refractivity contribution in [1.29, 1.82) is 0 Å². The SMILES string of the molecule is O=C=Nc1ccccc1.O=C=Nc1ccccc1.O=C=Nc1ccccc1.OP(O)(O)=S. The first kappa shape index (κ1) is 28.3. The first-order valence-corrected chi connectivity index (χ1v) is 11.1. The predicted molar refractivity (Wildman–Crippen MR) is 124 cm³/mol. The van der Waals surface area contributed by atoms with Crippen LogP contribution < -0.4 is 0 Å². The lowest BCUT2D eigenvalue weighted by molar-refractivity contribution is 0.363. The van der Waals surface area contributed by atoms with Crippen molar-refractivity contribution in [3.63, 3.8) is 0 Å². The van der Waals surface area contributed by atoms with Gasteiger partial charge >= 0.3 is 6.72 Å². The fraction of sp³-hybridized carbons (Fsp3) is 0. The summed E-state index contributed by atoms with van der Waals surface area (Å²) in [5.41, 5.74) is 1.94. The maximum Gasteiger partial charge on any atom is 0.319 e. The van der Waals surface area contributed by atoms with Gasteiger partial charge in [0.25, 0.3) is 0 Å². The Balaban J connectivity index is 0.000000410. The molecule has 0 heterocycles. The quantitative estimate of drug-likeness (QED) is 0.295. The van der Waals surface area contributed by atoms with Crippen LogP contribution in [-0.4, -0.2) is 32.9 Å². The smallest absolute Gasteiger partial charge is 0.319 e. The lowest BCUT2D eigenvalue weighted by atomic mass is 10.3. The van der Waals surface area contributed by atoms with Crippen LogP contribution in [-0.2, 0) is 26.2 Å². The summed E-state index contributed by atoms with van der Waals surface area (Å²) >= 11 is 3.60. The van der Waals surface area contributed by atoms with Crippen molar-refractivity contribution < 1.29 is 29.1 Å². The molecule has 0 fully saturated rings. The predicted octanol–water partition coefficient (Wildman–Crippen LogP) is 4.15. The lowest BCUT2D eigenvalue weighted by Crippen LogP contribution is -1.65. The Morgan fingerprint density at radius 1 is 0.531 bits per heavy atom. The third-order valence-corrected chi connectivity index (χ3v) is 2.79. The summed E-state index contributed by atoms with van der Waals surface area (Å²) in [6, 6.07) is 26.9. The summed E-state index contributed by atoms with van der Waals surface area (Å²) in [5.74, 6) is 0. The van der Waals surface area contributed by atoms with E-state index in [1.54, 1.807) is 36.4 Å². The number of carbonyl (C=O) groups excluding carboxylic acids is 3. The Hall–Kier alpha value is -3.67. The summed E-state index contributed by atoms with van der Waals surface area (Å²) in [7, 11) is 0. The fourth-order valence-electron chi connectivity index (χ4n) is 1.67. The van der Waals surface area contributed by atoms with Crippen molar-refractivity contribution in [2.24, 2.45) is 15.0 Å². The normalized spacial score (nSPS) is 8.59. The number of nitrogens with zero attached hydrogens (tertiary/aromatic N) is 3. The van der Waals surface area contributed by atoms with Crippen molar-refractivity contribution in [1.82, 2.24) is 0 Å². The van der Waals surface area contributed by atoms with E-state index in [1.165, 1.54) is 18.2 Å². The van der Waals surface area contributed by atoms with Gasteiger partial charge in [-0.05, 0) is 48.2 Å². The van der Waals surface area contributed by atoms with E-state index in [1.807, 2.05) is 54.6 Å². The van der Waals surface area contributed by atoms with Crippen LogP contribution >= 0.6 is 6.72 Å². The summed E-state index contributed by atoms with van der Waals surface area (Å²) in [4.78, 5) is 61.9. The molecule has 0 bridgehead atoms. The molecule has 9 nitrogen and oxygen atoms in total. The zero-order chi connectivity index (χ0) is 24.1. The molecular formula is C21H18N3O6PS. The van der Waals surface area contributed by atoms with Gasteiger partial charge in [0.15, 0.2) is 0 Å². The van der Waals surface area contributed by atoms with Crippen LogP contribution in [0.3, 0.4) is 0 Å². The number of para-hydroxylation sites is 3. The topological polar surface area (TPSA) is 149 Å². The first-order chi connectivity index (χ1) is 15.3. The number of isocyanates is 3. The van der Waals surface area contributed by atoms with E-state index in [-0.39, 0.29) is 0 Å². The molecule has 0 aliphatic rings. The molecule has 0 radical (unpaired) electrons. The molecule has 3 N–H and O–H groups in total. The maximum absolute atomic E-state index is 9.68. The van der Waals surface area contributed by atoms with Crippen LogP contribution in [0.1, 0.15) is 0 Å². The minimum Gasteiger partial charge on any atom is -0.325 e. The Morgan fingerprint density at radius 3 is 0.875 bits per heavy atom. The minimum absolute atomic E-state index is 0.646. The monoisotopic (exact) mass is 471 g/mol. The van der Waals surface area contributed by atoms with E-state index in [4.69, 9.17) is 14.7 Å². The summed E-state index contributed by atoms with van der Waals surface area (Å²) in [6.45, 7) is -3.81. The van der Waals surface area contributed by atoms with Gasteiger partial charge < -0.3 is 14.7 Å². The fourth-order valence-corrected chi connectivity index (χ4v) is 1.67. The van der Waals surface area contributed by atoms with Crippen LogP contribution in [0.2, 0.25) is 0 Å². The molecule has 11 heteroatoms. The second kappa shape index (κ2) is 18.1. The molecule has 164 valence electrons. The lowest BCUT2D eigenvalue weighted by Gasteiger charge is -1.88. The second-order valence-corrected chi connectivity index (χ2v) is 7.63. The number of hydrogen-bond acceptors (Lipinski definition) is 7. The highest BCUT2D eigenvalue weighted by atomic mass is 32.5. The van der Waals surface area contributed by atoms with Gasteiger partial charge in [0.2, 0.25) is 18.2 Å². The van der Waals surface area contributed by atoms with Gasteiger partial charge in [0, 0.05) is 0 Å². The Kier molecular flexibility index (Phi) is 16.0. The summed E-state index contributed by atoms with van der Waals surface area (Å²) < 4.78 is 0. The zero-order valence-electron chi connectivity index (χ0n) is 16.4. The molecule has 3 rings (SSSR count). The Morgan fingerprint density at radius 2 is 0.719 bits per heavy atom. The maximum atomic E-state index is 9.68. The van der Waals surface area contributed by atoms with E-state index in [9.17, 15) is 14.4 Å². The molecule has 3 aromatic rings. The highest BCUT2D eigenvalue weighted by Gasteiger charge is 1.92. The van der Waals surface area contributed by atoms with Crippen LogP contribution in [0.15, 0.2) is 106 Å². The highest BCUT2D eigenvalue weighted by molar-refractivity contribution is 8.06. The van der Waals surface area contributed by atoms with Crippen LogP contribution in [0.25, 0.3) is 0 Å². The van der Waals surface area contributed by atoms with Gasteiger partial charge in [0.05, 0.1) is 17.1 Å². The molecular weight excluding hydrogens is 453 g/mol. The largest absolute Gasteiger partial charge is 0.325 e. The van der Waals surface area contributed by atoms with E-state index < -0.39 is 6.72 Å². The van der Waals surface area contributed by atoms with Gasteiger partial charge in [-0.1, -0.05) is 54.6 Å². The average molecular weight is 471 g/mol. The zero-order valence-corrected chi connectivity index (χ0v) is 18.1. The Bertz CT molecular complexity index is 957. The average Bonchev–Trinajstić information content (AvgIpc) is 2.77. The number of rotatable bonds is 3. The molecule has 3 aromatic carbocycles.